The van der Waals surface area contributed by atoms with Crippen LogP contribution in [0.5, 0.6) is 5.75 Å². The lowest BCUT2D eigenvalue weighted by Crippen LogP contribution is -2.13. The second-order valence-corrected chi connectivity index (χ2v) is 3.85. The number of hydrogen-bond donors (Lipinski definition) is 1. The lowest BCUT2D eigenvalue weighted by molar-refractivity contribution is 0.0730. The predicted molar refractivity (Wildman–Crippen MR) is 63.6 cm³/mol. The van der Waals surface area contributed by atoms with Crippen LogP contribution in [0.15, 0.2) is 18.2 Å². The number of halogens is 1. The van der Waals surface area contributed by atoms with Crippen LogP contribution in [0.25, 0.3) is 0 Å². The zero-order chi connectivity index (χ0) is 13.5. The van der Waals surface area contributed by atoms with Crippen molar-refractivity contribution in [2.24, 2.45) is 0 Å². The van der Waals surface area contributed by atoms with Crippen LogP contribution >= 0.6 is 0 Å². The van der Waals surface area contributed by atoms with E-state index in [1.54, 1.807) is 13.8 Å². The van der Waals surface area contributed by atoms with Gasteiger partial charge in [-0.2, -0.15) is 5.26 Å². The van der Waals surface area contributed by atoms with Gasteiger partial charge in [0.2, 0.25) is 0 Å². The quantitative estimate of drug-likeness (QED) is 0.789. The summed E-state index contributed by atoms with van der Waals surface area (Å²) in [4.78, 5) is 0. The third kappa shape index (κ3) is 4.32. The zero-order valence-corrected chi connectivity index (χ0v) is 10.4. The maximum absolute atomic E-state index is 13.1. The summed E-state index contributed by atoms with van der Waals surface area (Å²) in [6.07, 6.45) is -1.24. The van der Waals surface area contributed by atoms with Gasteiger partial charge in [-0.25, -0.2) is 4.39 Å². The molecule has 0 aliphatic carbocycles. The van der Waals surface area contributed by atoms with Gasteiger partial charge in [-0.1, -0.05) is 0 Å². The van der Waals surface area contributed by atoms with Crippen molar-refractivity contribution in [3.05, 3.63) is 29.6 Å². The maximum atomic E-state index is 13.1. The smallest absolute Gasteiger partial charge is 0.141 e. The van der Waals surface area contributed by atoms with Crippen molar-refractivity contribution >= 4 is 0 Å². The zero-order valence-electron chi connectivity index (χ0n) is 10.4. The number of aliphatic hydroxyl groups is 1. The molecule has 0 spiro atoms. The first-order valence-corrected chi connectivity index (χ1v) is 5.66. The Morgan fingerprint density at radius 3 is 2.72 bits per heavy atom. The fraction of sp³-hybridized carbons (Fsp3) is 0.462. The van der Waals surface area contributed by atoms with Crippen molar-refractivity contribution < 1.29 is 19.0 Å². The molecule has 0 heterocycles. The summed E-state index contributed by atoms with van der Waals surface area (Å²) >= 11 is 0. The van der Waals surface area contributed by atoms with E-state index in [4.69, 9.17) is 14.7 Å². The van der Waals surface area contributed by atoms with E-state index >= 15 is 0 Å². The van der Waals surface area contributed by atoms with Crippen LogP contribution in [0, 0.1) is 17.1 Å². The lowest BCUT2D eigenvalue weighted by atomic mass is 10.1. The minimum Gasteiger partial charge on any atom is -0.491 e. The van der Waals surface area contributed by atoms with Crippen LogP contribution in [0.1, 0.15) is 25.5 Å². The Hall–Kier alpha value is -1.64. The van der Waals surface area contributed by atoms with E-state index in [1.807, 2.05) is 6.07 Å². The van der Waals surface area contributed by atoms with Gasteiger partial charge >= 0.3 is 0 Å². The third-order valence-corrected chi connectivity index (χ3v) is 2.32. The van der Waals surface area contributed by atoms with Gasteiger partial charge in [-0.05, 0) is 26.0 Å². The molecule has 5 heteroatoms. The summed E-state index contributed by atoms with van der Waals surface area (Å²) in [6.45, 7) is 3.62. The minimum atomic E-state index is -0.737. The number of aliphatic hydroxyl groups excluding tert-OH is 1. The molecule has 1 unspecified atom stereocenters. The number of ether oxygens (including phenoxy) is 2. The Balaban J connectivity index is 2.56. The molecule has 0 aliphatic rings. The van der Waals surface area contributed by atoms with Crippen molar-refractivity contribution in [3.8, 4) is 11.8 Å². The normalized spacial score (nSPS) is 13.7. The van der Waals surface area contributed by atoms with Crippen LogP contribution < -0.4 is 4.74 Å². The fourth-order valence-corrected chi connectivity index (χ4v) is 1.39. The second kappa shape index (κ2) is 6.94. The molecule has 0 fully saturated rings. The van der Waals surface area contributed by atoms with E-state index in [9.17, 15) is 9.50 Å². The maximum Gasteiger partial charge on any atom is 0.141 e. The van der Waals surface area contributed by atoms with Gasteiger partial charge in [-0.15, -0.1) is 0 Å². The highest BCUT2D eigenvalue weighted by atomic mass is 19.1. The molecule has 0 saturated carbocycles. The van der Waals surface area contributed by atoms with Crippen LogP contribution in [-0.4, -0.2) is 24.4 Å². The van der Waals surface area contributed by atoms with Gasteiger partial charge < -0.3 is 14.6 Å². The number of rotatable bonds is 6. The van der Waals surface area contributed by atoms with Gasteiger partial charge in [-0.3, -0.25) is 0 Å². The molecule has 2 atom stereocenters. The Morgan fingerprint density at radius 2 is 2.11 bits per heavy atom. The van der Waals surface area contributed by atoms with Gasteiger partial charge in [0.15, 0.2) is 0 Å². The molecule has 0 saturated heterocycles. The molecule has 98 valence electrons. The molecular formula is C13H16FNO3. The highest BCUT2D eigenvalue weighted by Crippen LogP contribution is 2.25. The van der Waals surface area contributed by atoms with E-state index in [0.29, 0.717) is 11.3 Å². The van der Waals surface area contributed by atoms with Crippen molar-refractivity contribution in [1.82, 2.24) is 0 Å². The minimum absolute atomic E-state index is 0.190. The average Bonchev–Trinajstić information content (AvgIpc) is 2.34. The number of hydrogen-bond acceptors (Lipinski definition) is 4. The Morgan fingerprint density at radius 1 is 1.39 bits per heavy atom. The van der Waals surface area contributed by atoms with E-state index in [2.05, 4.69) is 0 Å². The van der Waals surface area contributed by atoms with E-state index in [0.717, 1.165) is 0 Å². The molecule has 1 aromatic rings. The molecule has 0 radical (unpaired) electrons. The molecule has 1 aromatic carbocycles. The molecule has 0 aliphatic heterocycles. The molecule has 1 rings (SSSR count). The summed E-state index contributed by atoms with van der Waals surface area (Å²) in [5.74, 6) is -0.140. The molecule has 1 N–H and O–H groups in total. The highest BCUT2D eigenvalue weighted by molar-refractivity contribution is 5.35. The SMILES string of the molecule is CC(C#N)OCCOc1cc(F)ccc1[C@H](C)O. The first-order chi connectivity index (χ1) is 8.54. The number of nitrogens with zero attached hydrogens (tertiary/aromatic N) is 1. The summed E-state index contributed by atoms with van der Waals surface area (Å²) in [7, 11) is 0. The average molecular weight is 253 g/mol. The third-order valence-electron chi connectivity index (χ3n) is 2.32. The molecule has 0 bridgehead atoms. The van der Waals surface area contributed by atoms with Crippen molar-refractivity contribution in [1.29, 1.82) is 5.26 Å². The van der Waals surface area contributed by atoms with Crippen LogP contribution in [0.2, 0.25) is 0 Å². The van der Waals surface area contributed by atoms with Gasteiger partial charge in [0.05, 0.1) is 18.8 Å². The van der Waals surface area contributed by atoms with Crippen LogP contribution in [0.4, 0.5) is 4.39 Å². The summed E-state index contributed by atoms with van der Waals surface area (Å²) in [6, 6.07) is 5.89. The van der Waals surface area contributed by atoms with Crippen LogP contribution in [-0.2, 0) is 4.74 Å². The predicted octanol–water partition coefficient (Wildman–Crippen LogP) is 2.19. The van der Waals surface area contributed by atoms with Crippen molar-refractivity contribution in [3.63, 3.8) is 0 Å². The molecular weight excluding hydrogens is 237 g/mol. The Labute approximate surface area is 106 Å². The highest BCUT2D eigenvalue weighted by Gasteiger charge is 2.10. The molecule has 18 heavy (non-hydrogen) atoms. The van der Waals surface area contributed by atoms with Gasteiger partial charge in [0.1, 0.15) is 24.3 Å². The first kappa shape index (κ1) is 14.4. The largest absolute Gasteiger partial charge is 0.491 e. The van der Waals surface area contributed by atoms with Crippen molar-refractivity contribution in [2.75, 3.05) is 13.2 Å². The van der Waals surface area contributed by atoms with Crippen LogP contribution in [0.3, 0.4) is 0 Å². The molecule has 0 amide bonds. The topological polar surface area (TPSA) is 62.5 Å². The van der Waals surface area contributed by atoms with E-state index in [1.165, 1.54) is 18.2 Å². The lowest BCUT2D eigenvalue weighted by Gasteiger charge is -2.14. The molecule has 0 aromatic heterocycles. The van der Waals surface area contributed by atoms with Gasteiger partial charge in [0.25, 0.3) is 0 Å². The van der Waals surface area contributed by atoms with Crippen molar-refractivity contribution in [2.45, 2.75) is 26.1 Å². The summed E-state index contributed by atoms with van der Waals surface area (Å²) in [5.41, 5.74) is 0.518. The second-order valence-electron chi connectivity index (χ2n) is 3.85. The summed E-state index contributed by atoms with van der Waals surface area (Å²) < 4.78 is 23.5. The number of nitriles is 1. The van der Waals surface area contributed by atoms with E-state index < -0.39 is 18.0 Å². The fourth-order valence-electron chi connectivity index (χ4n) is 1.39. The Kier molecular flexibility index (Phi) is 5.56. The standard InChI is InChI=1S/C13H16FNO3/c1-9(8-15)17-5-6-18-13-7-11(14)3-4-12(13)10(2)16/h3-4,7,9-10,16H,5-6H2,1-2H3/t9?,10-/m0/s1. The van der Waals surface area contributed by atoms with Gasteiger partial charge in [0, 0.05) is 11.6 Å². The molecule has 4 nitrogen and oxygen atoms in total. The first-order valence-electron chi connectivity index (χ1n) is 5.66. The van der Waals surface area contributed by atoms with E-state index in [-0.39, 0.29) is 13.2 Å². The Bertz CT molecular complexity index is 429. The summed E-state index contributed by atoms with van der Waals surface area (Å²) in [5, 5.41) is 18.0. The number of benzene rings is 1. The monoisotopic (exact) mass is 253 g/mol.